The molecular weight excluding hydrogens is 335 g/mol. The quantitative estimate of drug-likeness (QED) is 0.781. The summed E-state index contributed by atoms with van der Waals surface area (Å²) in [6, 6.07) is 12.7. The van der Waals surface area contributed by atoms with Crippen molar-refractivity contribution in [1.82, 2.24) is 15.0 Å². The zero-order chi connectivity index (χ0) is 14.7. The van der Waals surface area contributed by atoms with Crippen molar-refractivity contribution in [2.45, 2.75) is 6.54 Å². The first kappa shape index (κ1) is 13.8. The van der Waals surface area contributed by atoms with Crippen LogP contribution in [0.25, 0.3) is 5.69 Å². The summed E-state index contributed by atoms with van der Waals surface area (Å²) >= 11 is 3.24. The van der Waals surface area contributed by atoms with E-state index in [0.29, 0.717) is 12.1 Å². The molecule has 0 saturated carbocycles. The largest absolute Gasteiger partial charge is 0.381 e. The van der Waals surface area contributed by atoms with E-state index in [4.69, 9.17) is 0 Å². The van der Waals surface area contributed by atoms with Gasteiger partial charge in [-0.3, -0.25) is 0 Å². The predicted octanol–water partition coefficient (Wildman–Crippen LogP) is 3.78. The molecule has 0 saturated heterocycles. The van der Waals surface area contributed by atoms with Crippen LogP contribution in [0.3, 0.4) is 0 Å². The van der Waals surface area contributed by atoms with Gasteiger partial charge in [-0.2, -0.15) is 15.0 Å². The van der Waals surface area contributed by atoms with Gasteiger partial charge in [0.15, 0.2) is 0 Å². The lowest BCUT2D eigenvalue weighted by Gasteiger charge is -2.08. The number of anilines is 1. The van der Waals surface area contributed by atoms with E-state index in [2.05, 4.69) is 31.4 Å². The number of nitrogens with one attached hydrogen (secondary N) is 1. The lowest BCUT2D eigenvalue weighted by Crippen LogP contribution is -2.03. The maximum Gasteiger partial charge on any atom is 0.129 e. The van der Waals surface area contributed by atoms with Gasteiger partial charge in [0, 0.05) is 22.3 Å². The Morgan fingerprint density at radius 2 is 1.76 bits per heavy atom. The molecular formula is C15H12BrFN4. The van der Waals surface area contributed by atoms with Crippen LogP contribution in [0.15, 0.2) is 59.3 Å². The Morgan fingerprint density at radius 1 is 1.05 bits per heavy atom. The van der Waals surface area contributed by atoms with E-state index < -0.39 is 0 Å². The predicted molar refractivity (Wildman–Crippen MR) is 82.8 cm³/mol. The molecule has 2 aromatic carbocycles. The van der Waals surface area contributed by atoms with Gasteiger partial charge in [-0.25, -0.2) is 4.39 Å². The van der Waals surface area contributed by atoms with Gasteiger partial charge in [-0.05, 0) is 36.4 Å². The van der Waals surface area contributed by atoms with Crippen LogP contribution in [0.4, 0.5) is 10.1 Å². The summed E-state index contributed by atoms with van der Waals surface area (Å²) in [5.41, 5.74) is 2.41. The van der Waals surface area contributed by atoms with Crippen LogP contribution >= 0.6 is 15.9 Å². The third kappa shape index (κ3) is 3.28. The SMILES string of the molecule is Fc1cc(Br)ccc1CNc1ccc(-n2nccn2)cc1. The van der Waals surface area contributed by atoms with Crippen LogP contribution in [0.1, 0.15) is 5.56 Å². The van der Waals surface area contributed by atoms with Crippen molar-refractivity contribution in [3.05, 3.63) is 70.7 Å². The summed E-state index contributed by atoms with van der Waals surface area (Å²) in [7, 11) is 0. The minimum atomic E-state index is -0.228. The van der Waals surface area contributed by atoms with Gasteiger partial charge >= 0.3 is 0 Å². The Hall–Kier alpha value is -2.21. The highest BCUT2D eigenvalue weighted by molar-refractivity contribution is 9.10. The van der Waals surface area contributed by atoms with E-state index in [1.165, 1.54) is 10.9 Å². The second kappa shape index (κ2) is 6.05. The molecule has 0 aliphatic rings. The molecule has 4 nitrogen and oxygen atoms in total. The van der Waals surface area contributed by atoms with Gasteiger partial charge in [0.2, 0.25) is 0 Å². The van der Waals surface area contributed by atoms with Crippen molar-refractivity contribution < 1.29 is 4.39 Å². The van der Waals surface area contributed by atoms with Crippen LogP contribution in [-0.4, -0.2) is 15.0 Å². The van der Waals surface area contributed by atoms with Gasteiger partial charge in [0.25, 0.3) is 0 Å². The lowest BCUT2D eigenvalue weighted by atomic mass is 10.2. The molecule has 0 unspecified atom stereocenters. The Bertz CT molecular complexity index is 726. The molecule has 0 bridgehead atoms. The summed E-state index contributed by atoms with van der Waals surface area (Å²) in [5, 5.41) is 11.3. The zero-order valence-corrected chi connectivity index (χ0v) is 12.6. The third-order valence-corrected chi connectivity index (χ3v) is 3.51. The number of halogens is 2. The van der Waals surface area contributed by atoms with E-state index in [9.17, 15) is 4.39 Å². The minimum Gasteiger partial charge on any atom is -0.381 e. The van der Waals surface area contributed by atoms with Crippen molar-refractivity contribution in [2.75, 3.05) is 5.32 Å². The summed E-state index contributed by atoms with van der Waals surface area (Å²) in [6.07, 6.45) is 3.25. The third-order valence-electron chi connectivity index (χ3n) is 3.02. The fourth-order valence-electron chi connectivity index (χ4n) is 1.92. The molecule has 0 atom stereocenters. The van der Waals surface area contributed by atoms with Crippen molar-refractivity contribution in [3.8, 4) is 5.69 Å². The second-order valence-electron chi connectivity index (χ2n) is 4.45. The number of benzene rings is 2. The normalized spacial score (nSPS) is 10.6. The zero-order valence-electron chi connectivity index (χ0n) is 11.0. The number of aromatic nitrogens is 3. The Balaban J connectivity index is 1.68. The van der Waals surface area contributed by atoms with E-state index >= 15 is 0 Å². The highest BCUT2D eigenvalue weighted by atomic mass is 79.9. The molecule has 0 fully saturated rings. The molecule has 3 aromatic rings. The summed E-state index contributed by atoms with van der Waals surface area (Å²) < 4.78 is 14.4. The maximum atomic E-state index is 13.7. The fraction of sp³-hybridized carbons (Fsp3) is 0.0667. The van der Waals surface area contributed by atoms with Gasteiger partial charge < -0.3 is 5.32 Å². The molecule has 0 amide bonds. The van der Waals surface area contributed by atoms with Crippen LogP contribution in [0.5, 0.6) is 0 Å². The number of hydrogen-bond donors (Lipinski definition) is 1. The van der Waals surface area contributed by atoms with Crippen molar-refractivity contribution >= 4 is 21.6 Å². The van der Waals surface area contributed by atoms with Crippen LogP contribution in [-0.2, 0) is 6.54 Å². The molecule has 1 N–H and O–H groups in total. The smallest absolute Gasteiger partial charge is 0.129 e. The average molecular weight is 347 g/mol. The topological polar surface area (TPSA) is 42.7 Å². The highest BCUT2D eigenvalue weighted by Gasteiger charge is 2.03. The monoisotopic (exact) mass is 346 g/mol. The fourth-order valence-corrected chi connectivity index (χ4v) is 2.26. The molecule has 1 heterocycles. The Labute approximate surface area is 129 Å². The molecule has 0 radical (unpaired) electrons. The summed E-state index contributed by atoms with van der Waals surface area (Å²) in [4.78, 5) is 1.54. The lowest BCUT2D eigenvalue weighted by molar-refractivity contribution is 0.612. The highest BCUT2D eigenvalue weighted by Crippen LogP contribution is 2.17. The molecule has 1 aromatic heterocycles. The molecule has 0 aliphatic heterocycles. The molecule has 0 aliphatic carbocycles. The van der Waals surface area contributed by atoms with Crippen LogP contribution in [0.2, 0.25) is 0 Å². The standard InChI is InChI=1S/C15H12BrFN4/c16-12-2-1-11(15(17)9-12)10-18-13-3-5-14(6-4-13)21-19-7-8-20-21/h1-9,18H,10H2. The van der Waals surface area contributed by atoms with Crippen molar-refractivity contribution in [2.24, 2.45) is 0 Å². The molecule has 21 heavy (non-hydrogen) atoms. The first-order valence-corrected chi connectivity index (χ1v) is 7.16. The van der Waals surface area contributed by atoms with Crippen LogP contribution < -0.4 is 5.32 Å². The van der Waals surface area contributed by atoms with Gasteiger partial charge in [-0.15, -0.1) is 0 Å². The maximum absolute atomic E-state index is 13.7. The average Bonchev–Trinajstić information content (AvgIpc) is 3.01. The van der Waals surface area contributed by atoms with Gasteiger partial charge in [0.1, 0.15) is 5.82 Å². The van der Waals surface area contributed by atoms with E-state index in [1.807, 2.05) is 30.3 Å². The Kier molecular flexibility index (Phi) is 3.96. The summed E-state index contributed by atoms with van der Waals surface area (Å²) in [5.74, 6) is -0.228. The van der Waals surface area contributed by atoms with E-state index in [1.54, 1.807) is 18.5 Å². The Morgan fingerprint density at radius 3 is 2.43 bits per heavy atom. The first-order chi connectivity index (χ1) is 10.2. The molecule has 6 heteroatoms. The number of hydrogen-bond acceptors (Lipinski definition) is 3. The number of rotatable bonds is 4. The van der Waals surface area contributed by atoms with Gasteiger partial charge in [0.05, 0.1) is 18.1 Å². The van der Waals surface area contributed by atoms with Crippen LogP contribution in [0, 0.1) is 5.82 Å². The summed E-state index contributed by atoms with van der Waals surface area (Å²) in [6.45, 7) is 0.429. The molecule has 3 rings (SSSR count). The molecule has 106 valence electrons. The molecule has 0 spiro atoms. The minimum absolute atomic E-state index is 0.228. The van der Waals surface area contributed by atoms with Gasteiger partial charge in [-0.1, -0.05) is 22.0 Å². The van der Waals surface area contributed by atoms with E-state index in [-0.39, 0.29) is 5.82 Å². The second-order valence-corrected chi connectivity index (χ2v) is 5.37. The van der Waals surface area contributed by atoms with E-state index in [0.717, 1.165) is 15.8 Å². The van der Waals surface area contributed by atoms with Crippen molar-refractivity contribution in [3.63, 3.8) is 0 Å². The number of nitrogens with zero attached hydrogens (tertiary/aromatic N) is 3. The van der Waals surface area contributed by atoms with Crippen molar-refractivity contribution in [1.29, 1.82) is 0 Å². The first-order valence-electron chi connectivity index (χ1n) is 6.37.